The first-order valence-electron chi connectivity index (χ1n) is 23.2. The van der Waals surface area contributed by atoms with Gasteiger partial charge in [-0.2, -0.15) is 0 Å². The van der Waals surface area contributed by atoms with E-state index in [4.69, 9.17) is 23.7 Å². The van der Waals surface area contributed by atoms with Gasteiger partial charge in [-0.25, -0.2) is 0 Å². The lowest BCUT2D eigenvalue weighted by Crippen LogP contribution is -2.75. The van der Waals surface area contributed by atoms with Gasteiger partial charge < -0.3 is 39.3 Å². The lowest BCUT2D eigenvalue weighted by molar-refractivity contribution is -0.634. The normalized spacial score (nSPS) is 12.1. The molecule has 8 nitrogen and oxygen atoms in total. The van der Waals surface area contributed by atoms with Crippen LogP contribution in [0.4, 0.5) is 0 Å². The van der Waals surface area contributed by atoms with E-state index in [1.807, 2.05) is 34.6 Å². The predicted octanol–water partition coefficient (Wildman–Crippen LogP) is 11.7. The maximum Gasteiger partial charge on any atom is 0.314 e. The highest BCUT2D eigenvalue weighted by Gasteiger charge is 2.32. The van der Waals surface area contributed by atoms with Crippen LogP contribution in [0.25, 0.3) is 0 Å². The van der Waals surface area contributed by atoms with Crippen LogP contribution in [0.2, 0.25) is 0 Å². The van der Waals surface area contributed by atoms with Crippen molar-refractivity contribution < 1.29 is 39.3 Å². The Morgan fingerprint density at radius 1 is 0.444 bits per heavy atom. The third-order valence-corrected chi connectivity index (χ3v) is 9.84. The monoisotopic (exact) mass is 772 g/mol. The van der Waals surface area contributed by atoms with Crippen molar-refractivity contribution in [2.45, 2.75) is 246 Å². The van der Waals surface area contributed by atoms with Gasteiger partial charge in [-0.05, 0) is 86.0 Å². The van der Waals surface area contributed by atoms with Gasteiger partial charge >= 0.3 is 5.91 Å². The number of unbranched alkanes of at least 4 members (excludes halogenated alkanes) is 24. The zero-order chi connectivity index (χ0) is 40.3. The molecule has 0 spiro atoms. The molecule has 54 heavy (non-hydrogen) atoms. The summed E-state index contributed by atoms with van der Waals surface area (Å²) >= 11 is 0. The third kappa shape index (κ3) is 39.2. The molecule has 0 aliphatic heterocycles. The summed E-state index contributed by atoms with van der Waals surface area (Å²) < 4.78 is 28.8. The number of carbonyl (C=O) groups is 1. The van der Waals surface area contributed by atoms with Crippen molar-refractivity contribution in [2.75, 3.05) is 33.0 Å². The molecule has 3 N–H and O–H groups in total. The number of carboxylic acid groups (broad SMARTS) is 1. The summed E-state index contributed by atoms with van der Waals surface area (Å²) in [5.41, 5.74) is 4.12. The lowest BCUT2D eigenvalue weighted by Gasteiger charge is -2.32. The zero-order valence-corrected chi connectivity index (χ0v) is 37.0. The highest BCUT2D eigenvalue weighted by molar-refractivity contribution is 5.64. The summed E-state index contributed by atoms with van der Waals surface area (Å²) in [6.07, 6.45) is 40.8. The zero-order valence-electron chi connectivity index (χ0n) is 37.0. The molecule has 0 aliphatic carbocycles. The molecule has 8 heteroatoms. The molecule has 0 heterocycles. The number of rotatable bonds is 42. The molecule has 0 aliphatic rings. The van der Waals surface area contributed by atoms with E-state index in [0.29, 0.717) is 33.0 Å². The van der Waals surface area contributed by atoms with Crippen molar-refractivity contribution in [3.63, 3.8) is 0 Å². The van der Waals surface area contributed by atoms with E-state index in [-0.39, 0.29) is 6.42 Å². The molecular weight excluding hydrogens is 679 g/mol. The van der Waals surface area contributed by atoms with Crippen LogP contribution in [0, 0.1) is 0 Å². The first-order chi connectivity index (χ1) is 26.3. The van der Waals surface area contributed by atoms with Crippen molar-refractivity contribution in [3.8, 4) is 0 Å². The standard InChI is InChI=1S/C28H59NO5.C18H34O2/c1-6-30-27(29,31-7-2)25-23-21-19-17-15-13-11-12-14-16-18-20-22-24-26-28(32-8-3,33-9-4)34-10-5;1-2-3-4-5-6-7-8-9-10-11-12-13-14-15-16-17-18(19)20/h6-26,29H2,1-5H3;9-10H,2-8,11-17H2,1H3,(H,19,20)/b;10-9-. The lowest BCUT2D eigenvalue weighted by atomic mass is 10.0. The summed E-state index contributed by atoms with van der Waals surface area (Å²) in [5.74, 6) is -2.38. The largest absolute Gasteiger partial charge is 0.550 e. The van der Waals surface area contributed by atoms with Gasteiger partial charge in [0.1, 0.15) is 0 Å². The van der Waals surface area contributed by atoms with Gasteiger partial charge in [-0.15, -0.1) is 0 Å². The van der Waals surface area contributed by atoms with Gasteiger partial charge in [0.15, 0.2) is 0 Å². The molecule has 0 atom stereocenters. The average molecular weight is 772 g/mol. The molecule has 0 radical (unpaired) electrons. The Morgan fingerprint density at radius 3 is 1.11 bits per heavy atom. The van der Waals surface area contributed by atoms with Gasteiger partial charge in [-0.3, -0.25) is 0 Å². The number of carbonyl (C=O) groups excluding carboxylic acids is 1. The maximum absolute atomic E-state index is 10.2. The highest BCUT2D eigenvalue weighted by Crippen LogP contribution is 2.24. The van der Waals surface area contributed by atoms with Crippen LogP contribution in [-0.4, -0.2) is 50.9 Å². The maximum atomic E-state index is 10.2. The summed E-state index contributed by atoms with van der Waals surface area (Å²) in [7, 11) is 0. The van der Waals surface area contributed by atoms with Gasteiger partial charge in [0.25, 0.3) is 5.97 Å². The first kappa shape index (κ1) is 55.1. The van der Waals surface area contributed by atoms with E-state index >= 15 is 0 Å². The molecule has 0 amide bonds. The van der Waals surface area contributed by atoms with E-state index in [9.17, 15) is 9.90 Å². The van der Waals surface area contributed by atoms with Crippen molar-refractivity contribution in [2.24, 2.45) is 0 Å². The minimum atomic E-state index is -0.914. The Balaban J connectivity index is 0. The van der Waals surface area contributed by atoms with Gasteiger partial charge in [0, 0.05) is 32.2 Å². The van der Waals surface area contributed by atoms with Crippen molar-refractivity contribution in [1.82, 2.24) is 0 Å². The fourth-order valence-corrected chi connectivity index (χ4v) is 6.91. The quantitative estimate of drug-likeness (QED) is 0.0373. The summed E-state index contributed by atoms with van der Waals surface area (Å²) in [5, 5.41) is 10.2. The molecule has 0 rings (SSSR count). The molecule has 0 saturated carbocycles. The number of carboxylic acids is 1. The molecule has 0 fully saturated rings. The fourth-order valence-electron chi connectivity index (χ4n) is 6.91. The van der Waals surface area contributed by atoms with E-state index < -0.39 is 17.9 Å². The predicted molar refractivity (Wildman–Crippen MR) is 225 cm³/mol. The molecule has 0 aromatic rings. The van der Waals surface area contributed by atoms with E-state index in [1.54, 1.807) is 0 Å². The van der Waals surface area contributed by atoms with E-state index in [1.165, 1.54) is 141 Å². The second-order valence-electron chi connectivity index (χ2n) is 14.9. The van der Waals surface area contributed by atoms with Crippen LogP contribution in [0.1, 0.15) is 234 Å². The number of quaternary nitrogens is 1. The van der Waals surface area contributed by atoms with Gasteiger partial charge in [-0.1, -0.05) is 147 Å². The number of ether oxygens (including phenoxy) is 5. The average Bonchev–Trinajstić information content (AvgIpc) is 3.14. The SMILES string of the molecule is CCCCCCCC/C=C\CCCCCCCC(=O)[O-].CCOC([NH3+])(CCCCCCCCCCCCCCCCC(OCC)(OCC)OCC)OCC. The summed E-state index contributed by atoms with van der Waals surface area (Å²) in [4.78, 5) is 10.2. The molecule has 0 unspecified atom stereocenters. The Labute approximate surface area is 335 Å². The first-order valence-corrected chi connectivity index (χ1v) is 23.2. The molecule has 0 bridgehead atoms. The van der Waals surface area contributed by atoms with Crippen LogP contribution >= 0.6 is 0 Å². The van der Waals surface area contributed by atoms with E-state index in [0.717, 1.165) is 44.9 Å². The second-order valence-corrected chi connectivity index (χ2v) is 14.9. The Bertz CT molecular complexity index is 755. The van der Waals surface area contributed by atoms with Crippen molar-refractivity contribution >= 4 is 5.97 Å². The Kier molecular flexibility index (Phi) is 44.0. The molecule has 0 saturated heterocycles. The van der Waals surface area contributed by atoms with Crippen LogP contribution in [0.5, 0.6) is 0 Å². The molecule has 0 aromatic heterocycles. The topological polar surface area (TPSA) is 114 Å². The third-order valence-electron chi connectivity index (χ3n) is 9.84. The van der Waals surface area contributed by atoms with Crippen LogP contribution < -0.4 is 10.8 Å². The molecule has 324 valence electrons. The van der Waals surface area contributed by atoms with Gasteiger partial charge in [0.05, 0.1) is 19.6 Å². The minimum absolute atomic E-state index is 0.220. The number of hydrogen-bond donors (Lipinski definition) is 1. The number of hydrogen-bond acceptors (Lipinski definition) is 7. The van der Waals surface area contributed by atoms with E-state index in [2.05, 4.69) is 24.8 Å². The van der Waals surface area contributed by atoms with Crippen LogP contribution in [0.3, 0.4) is 0 Å². The highest BCUT2D eigenvalue weighted by atomic mass is 16.9. The number of aliphatic carboxylic acids is 1. The van der Waals surface area contributed by atoms with Crippen molar-refractivity contribution in [3.05, 3.63) is 12.2 Å². The van der Waals surface area contributed by atoms with Crippen molar-refractivity contribution in [1.29, 1.82) is 0 Å². The molecule has 0 aromatic carbocycles. The van der Waals surface area contributed by atoms with Crippen LogP contribution in [0.15, 0.2) is 12.2 Å². The minimum Gasteiger partial charge on any atom is -0.550 e. The molecular formula is C46H93NO7. The Hall–Kier alpha value is -1.03. The summed E-state index contributed by atoms with van der Waals surface area (Å²) in [6.45, 7) is 15.4. The number of allylic oxidation sites excluding steroid dienone is 2. The smallest absolute Gasteiger partial charge is 0.314 e. The van der Waals surface area contributed by atoms with Crippen LogP contribution in [-0.2, 0) is 28.5 Å². The van der Waals surface area contributed by atoms with Gasteiger partial charge in [0.2, 0.25) is 0 Å². The Morgan fingerprint density at radius 2 is 0.759 bits per heavy atom. The second kappa shape index (κ2) is 43.1. The summed E-state index contributed by atoms with van der Waals surface area (Å²) in [6, 6.07) is 0. The fraction of sp³-hybridized carbons (Fsp3) is 0.935.